The molecular weight excluding hydrogens is 239 g/mol. The van der Waals surface area contributed by atoms with Crippen molar-refractivity contribution in [2.75, 3.05) is 0 Å². The molecule has 1 aromatic carbocycles. The zero-order chi connectivity index (χ0) is 15.3. The molecule has 0 radical (unpaired) electrons. The Kier molecular flexibility index (Phi) is 13.0. The second-order valence-corrected chi connectivity index (χ2v) is 3.18. The summed E-state index contributed by atoms with van der Waals surface area (Å²) in [6.07, 6.45) is 3.40. The van der Waals surface area contributed by atoms with E-state index in [1.807, 2.05) is 34.6 Å². The normalized spacial score (nSPS) is 8.74. The zero-order valence-corrected chi connectivity index (χ0v) is 12.7. The number of hydrogen-bond acceptors (Lipinski definition) is 1. The van der Waals surface area contributed by atoms with Crippen molar-refractivity contribution in [3.05, 3.63) is 66.7 Å². The molecule has 0 heterocycles. The first-order valence-electron chi connectivity index (χ1n) is 6.54. The van der Waals surface area contributed by atoms with Crippen molar-refractivity contribution in [3.63, 3.8) is 0 Å². The Hall–Kier alpha value is -1.83. The van der Waals surface area contributed by atoms with E-state index < -0.39 is 5.82 Å². The molecule has 19 heavy (non-hydrogen) atoms. The Labute approximate surface area is 117 Å². The first-order valence-corrected chi connectivity index (χ1v) is 6.54. The fraction of sp³-hybridized carbons (Fsp3) is 0.294. The zero-order valence-electron chi connectivity index (χ0n) is 12.7. The van der Waals surface area contributed by atoms with Gasteiger partial charge in [-0.2, -0.15) is 0 Å². The molecule has 0 aliphatic rings. The van der Waals surface area contributed by atoms with Crippen LogP contribution >= 0.6 is 0 Å². The maximum absolute atomic E-state index is 13.1. The van der Waals surface area contributed by atoms with E-state index in [9.17, 15) is 4.39 Å². The van der Waals surface area contributed by atoms with E-state index in [-0.39, 0.29) is 5.75 Å². The molecule has 1 aromatic rings. The highest BCUT2D eigenvalue weighted by molar-refractivity contribution is 5.28. The highest BCUT2D eigenvalue weighted by Gasteiger charge is 2.01. The van der Waals surface area contributed by atoms with E-state index in [1.165, 1.54) is 6.07 Å². The van der Waals surface area contributed by atoms with Gasteiger partial charge >= 0.3 is 0 Å². The van der Waals surface area contributed by atoms with E-state index >= 15 is 0 Å². The number of rotatable bonds is 4. The van der Waals surface area contributed by atoms with Gasteiger partial charge in [0.05, 0.1) is 0 Å². The Morgan fingerprint density at radius 3 is 2.05 bits per heavy atom. The molecule has 0 spiro atoms. The van der Waals surface area contributed by atoms with Crippen LogP contribution in [0.3, 0.4) is 0 Å². The molecule has 0 saturated carbocycles. The standard InChI is InChI=1S/C13H13FO.2C2H6/c1-10(2)8-9-11(3)15-13-7-5-4-6-12(13)14;2*1-2/h4-9H,1,3H2,2H3;2*1-2H3/b9-8-;;. The van der Waals surface area contributed by atoms with Gasteiger partial charge < -0.3 is 4.74 Å². The molecule has 0 unspecified atom stereocenters. The topological polar surface area (TPSA) is 9.23 Å². The molecule has 0 bridgehead atoms. The largest absolute Gasteiger partial charge is 0.455 e. The van der Waals surface area contributed by atoms with Crippen LogP contribution in [0.2, 0.25) is 0 Å². The summed E-state index contributed by atoms with van der Waals surface area (Å²) in [6, 6.07) is 6.20. The highest BCUT2D eigenvalue weighted by Crippen LogP contribution is 2.18. The third-order valence-corrected chi connectivity index (χ3v) is 1.63. The number of allylic oxidation sites excluding steroid dienone is 3. The Bertz CT molecular complexity index is 405. The highest BCUT2D eigenvalue weighted by atomic mass is 19.1. The number of halogens is 1. The molecule has 0 aliphatic carbocycles. The van der Waals surface area contributed by atoms with E-state index in [2.05, 4.69) is 13.2 Å². The fourth-order valence-electron chi connectivity index (χ4n) is 0.938. The lowest BCUT2D eigenvalue weighted by molar-refractivity contribution is 0.414. The lowest BCUT2D eigenvalue weighted by atomic mass is 10.3. The minimum atomic E-state index is -0.401. The van der Waals surface area contributed by atoms with Crippen LogP contribution in [0.25, 0.3) is 0 Å². The molecule has 2 heteroatoms. The maximum Gasteiger partial charge on any atom is 0.165 e. The summed E-state index contributed by atoms with van der Waals surface area (Å²) in [5.74, 6) is 0.152. The van der Waals surface area contributed by atoms with Crippen molar-refractivity contribution in [1.82, 2.24) is 0 Å². The van der Waals surface area contributed by atoms with Gasteiger partial charge in [-0.1, -0.05) is 64.6 Å². The van der Waals surface area contributed by atoms with Gasteiger partial charge in [0.25, 0.3) is 0 Å². The lowest BCUT2D eigenvalue weighted by Gasteiger charge is -2.05. The van der Waals surface area contributed by atoms with E-state index in [0.717, 1.165) is 5.57 Å². The molecule has 0 aliphatic heterocycles. The first-order chi connectivity index (χ1) is 9.09. The predicted octanol–water partition coefficient (Wildman–Crippen LogP) is 5.90. The van der Waals surface area contributed by atoms with Gasteiger partial charge in [-0.3, -0.25) is 0 Å². The van der Waals surface area contributed by atoms with Crippen molar-refractivity contribution < 1.29 is 9.13 Å². The fourth-order valence-corrected chi connectivity index (χ4v) is 0.938. The molecule has 1 rings (SSSR count). The van der Waals surface area contributed by atoms with Crippen LogP contribution in [0, 0.1) is 5.82 Å². The number of hydrogen-bond donors (Lipinski definition) is 0. The van der Waals surface area contributed by atoms with Crippen LogP contribution in [-0.4, -0.2) is 0 Å². The minimum Gasteiger partial charge on any atom is -0.455 e. The third kappa shape index (κ3) is 9.83. The third-order valence-electron chi connectivity index (χ3n) is 1.63. The maximum atomic E-state index is 13.1. The molecule has 0 atom stereocenters. The lowest BCUT2D eigenvalue weighted by Crippen LogP contribution is -1.92. The summed E-state index contributed by atoms with van der Waals surface area (Å²) >= 11 is 0. The first kappa shape index (κ1) is 19.5. The Balaban J connectivity index is 0. The van der Waals surface area contributed by atoms with Crippen LogP contribution in [0.15, 0.2) is 60.9 Å². The average molecular weight is 264 g/mol. The SMILES string of the molecule is C=C(C)/C=C\C(=C)Oc1ccccc1F.CC.CC. The van der Waals surface area contributed by atoms with Crippen molar-refractivity contribution in [2.45, 2.75) is 34.6 Å². The second-order valence-electron chi connectivity index (χ2n) is 3.18. The van der Waals surface area contributed by atoms with E-state index in [0.29, 0.717) is 5.76 Å². The summed E-state index contributed by atoms with van der Waals surface area (Å²) in [7, 11) is 0. The van der Waals surface area contributed by atoms with Crippen molar-refractivity contribution in [2.24, 2.45) is 0 Å². The second kappa shape index (κ2) is 12.6. The van der Waals surface area contributed by atoms with Crippen LogP contribution in [0.5, 0.6) is 5.75 Å². The van der Waals surface area contributed by atoms with Crippen molar-refractivity contribution >= 4 is 0 Å². The molecule has 1 nitrogen and oxygen atoms in total. The van der Waals surface area contributed by atoms with E-state index in [4.69, 9.17) is 4.74 Å². The van der Waals surface area contributed by atoms with Gasteiger partial charge in [0.2, 0.25) is 0 Å². The van der Waals surface area contributed by atoms with E-state index in [1.54, 1.807) is 30.4 Å². The van der Waals surface area contributed by atoms with Gasteiger partial charge in [-0.15, -0.1) is 0 Å². The smallest absolute Gasteiger partial charge is 0.165 e. The van der Waals surface area contributed by atoms with Crippen LogP contribution in [-0.2, 0) is 0 Å². The summed E-state index contributed by atoms with van der Waals surface area (Å²) in [5, 5.41) is 0. The van der Waals surface area contributed by atoms with Gasteiger partial charge in [0.15, 0.2) is 11.6 Å². The molecule has 0 amide bonds. The molecular formula is C17H25FO. The van der Waals surface area contributed by atoms with Crippen molar-refractivity contribution in [1.29, 1.82) is 0 Å². The quantitative estimate of drug-likeness (QED) is 0.485. The van der Waals surface area contributed by atoms with Crippen LogP contribution < -0.4 is 4.74 Å². The van der Waals surface area contributed by atoms with Crippen LogP contribution in [0.1, 0.15) is 34.6 Å². The Morgan fingerprint density at radius 1 is 1.05 bits per heavy atom. The van der Waals surface area contributed by atoms with Crippen molar-refractivity contribution in [3.8, 4) is 5.75 Å². The van der Waals surface area contributed by atoms with Crippen LogP contribution in [0.4, 0.5) is 4.39 Å². The summed E-state index contributed by atoms with van der Waals surface area (Å²) in [5.41, 5.74) is 0.883. The molecule has 0 N–H and O–H groups in total. The molecule has 0 aromatic heterocycles. The summed E-state index contributed by atoms with van der Waals surface area (Å²) < 4.78 is 18.3. The van der Waals surface area contributed by atoms with Gasteiger partial charge in [0.1, 0.15) is 5.76 Å². The number of ether oxygens (including phenoxy) is 1. The van der Waals surface area contributed by atoms with Gasteiger partial charge in [-0.25, -0.2) is 4.39 Å². The molecule has 0 fully saturated rings. The average Bonchev–Trinajstić information content (AvgIpc) is 2.44. The molecule has 0 saturated heterocycles. The summed E-state index contributed by atoms with van der Waals surface area (Å²) in [6.45, 7) is 17.2. The monoisotopic (exact) mass is 264 g/mol. The number of para-hydroxylation sites is 1. The minimum absolute atomic E-state index is 0.175. The predicted molar refractivity (Wildman–Crippen MR) is 82.8 cm³/mol. The number of benzene rings is 1. The molecule has 106 valence electrons. The van der Waals surface area contributed by atoms with Gasteiger partial charge in [0, 0.05) is 0 Å². The summed E-state index contributed by atoms with van der Waals surface area (Å²) in [4.78, 5) is 0. The van der Waals surface area contributed by atoms with Gasteiger partial charge in [-0.05, 0) is 25.1 Å². The Morgan fingerprint density at radius 2 is 1.58 bits per heavy atom.